The number of ether oxygens (including phenoxy) is 1. The quantitative estimate of drug-likeness (QED) is 0.339. The van der Waals surface area contributed by atoms with Crippen molar-refractivity contribution in [2.75, 3.05) is 45.2 Å². The lowest BCUT2D eigenvalue weighted by Crippen LogP contribution is -2.65. The largest absolute Gasteiger partial charge is 0.471 e. The third-order valence-corrected chi connectivity index (χ3v) is 8.67. The molecule has 6 rings (SSSR count). The molecule has 1 spiro atoms. The average molecular weight is 582 g/mol. The van der Waals surface area contributed by atoms with Gasteiger partial charge in [0.1, 0.15) is 17.3 Å². The van der Waals surface area contributed by atoms with E-state index in [0.717, 1.165) is 60.5 Å². The molecular weight excluding hydrogens is 551 g/mol. The molecule has 0 radical (unpaired) electrons. The minimum atomic E-state index is -0.868. The number of piperidine rings is 1. The summed E-state index contributed by atoms with van der Waals surface area (Å²) in [6.45, 7) is 3.08. The van der Waals surface area contributed by atoms with Crippen molar-refractivity contribution in [2.45, 2.75) is 24.6 Å². The zero-order valence-corrected chi connectivity index (χ0v) is 23.8. The number of anilines is 1. The van der Waals surface area contributed by atoms with Gasteiger partial charge in [-0.05, 0) is 50.2 Å². The van der Waals surface area contributed by atoms with Crippen LogP contribution in [0.15, 0.2) is 48.9 Å². The summed E-state index contributed by atoms with van der Waals surface area (Å²) in [6, 6.07) is 9.64. The number of pyridine rings is 2. The fraction of sp³-hybridized carbons (Fsp3) is 0.357. The highest BCUT2D eigenvalue weighted by atomic mass is 35.5. The van der Waals surface area contributed by atoms with Crippen molar-refractivity contribution in [1.29, 1.82) is 0 Å². The fourth-order valence-corrected chi connectivity index (χ4v) is 6.39. The van der Waals surface area contributed by atoms with Gasteiger partial charge in [0.2, 0.25) is 5.91 Å². The summed E-state index contributed by atoms with van der Waals surface area (Å²) < 4.78 is 5.99. The lowest BCUT2D eigenvalue weighted by molar-refractivity contribution is -0.144. The fourth-order valence-electron chi connectivity index (χ4n) is 5.81. The second-order valence-corrected chi connectivity index (χ2v) is 11.4. The van der Waals surface area contributed by atoms with Crippen molar-refractivity contribution in [3.63, 3.8) is 0 Å². The number of nitrogens with one attached hydrogen (secondary N) is 1. The number of aromatic nitrogens is 4. The van der Waals surface area contributed by atoms with Gasteiger partial charge in [-0.1, -0.05) is 23.2 Å². The smallest absolute Gasteiger partial charge is 0.236 e. The van der Waals surface area contributed by atoms with Crippen LogP contribution in [0.4, 0.5) is 5.82 Å². The van der Waals surface area contributed by atoms with E-state index >= 15 is 0 Å². The molecule has 1 aromatic carbocycles. The maximum atomic E-state index is 12.5. The van der Waals surface area contributed by atoms with Crippen LogP contribution in [0.1, 0.15) is 24.6 Å². The van der Waals surface area contributed by atoms with Crippen LogP contribution in [0.25, 0.3) is 22.2 Å². The Morgan fingerprint density at radius 3 is 2.52 bits per heavy atom. The third-order valence-electron chi connectivity index (χ3n) is 8.07. The molecule has 1 atom stereocenters. The number of likely N-dealkylation sites (N-methyl/N-ethyl adjacent to an activating group) is 2. The molecule has 0 aliphatic carbocycles. The molecule has 12 heteroatoms. The molecule has 3 N–H and O–H groups in total. The summed E-state index contributed by atoms with van der Waals surface area (Å²) >= 11 is 12.5. The first kappa shape index (κ1) is 26.8. The molecule has 0 saturated carbocycles. The van der Waals surface area contributed by atoms with E-state index in [1.807, 2.05) is 55.5 Å². The van der Waals surface area contributed by atoms with Crippen LogP contribution in [0.5, 0.6) is 5.75 Å². The zero-order chi connectivity index (χ0) is 28.0. The molecule has 10 nitrogen and oxygen atoms in total. The van der Waals surface area contributed by atoms with Crippen LogP contribution in [0, 0.1) is 0 Å². The van der Waals surface area contributed by atoms with Crippen molar-refractivity contribution in [2.24, 2.45) is 5.73 Å². The lowest BCUT2D eigenvalue weighted by Gasteiger charge is -2.52. The Balaban J connectivity index is 1.18. The average Bonchev–Trinajstić information content (AvgIpc) is 3.35. The summed E-state index contributed by atoms with van der Waals surface area (Å²) in [5.41, 5.74) is 9.14. The number of amides is 1. The van der Waals surface area contributed by atoms with E-state index in [1.165, 1.54) is 12.4 Å². The van der Waals surface area contributed by atoms with Gasteiger partial charge in [0.25, 0.3) is 0 Å². The SMILES string of the molecule is CN1CC(=O)N(C)C2(CCN(c3ccc(-c4n[nH]c5ccc(O[C@H](N)c6c(Cl)cncc6Cl)cc45)cn3)CC2)C1. The first-order valence-corrected chi connectivity index (χ1v) is 13.9. The molecule has 208 valence electrons. The maximum absolute atomic E-state index is 12.5. The Bertz CT molecular complexity index is 1530. The van der Waals surface area contributed by atoms with Crippen LogP contribution in [-0.2, 0) is 4.79 Å². The number of hydrogen-bond acceptors (Lipinski definition) is 8. The second-order valence-electron chi connectivity index (χ2n) is 10.6. The molecule has 0 bridgehead atoms. The van der Waals surface area contributed by atoms with E-state index in [9.17, 15) is 4.79 Å². The Hall–Kier alpha value is -3.44. The highest BCUT2D eigenvalue weighted by Crippen LogP contribution is 2.35. The lowest BCUT2D eigenvalue weighted by atomic mass is 9.83. The molecular formula is C28H30Cl2N8O2. The minimum absolute atomic E-state index is 0.106. The van der Waals surface area contributed by atoms with Crippen LogP contribution in [0.2, 0.25) is 10.0 Å². The van der Waals surface area contributed by atoms with E-state index < -0.39 is 6.23 Å². The molecule has 5 heterocycles. The zero-order valence-electron chi connectivity index (χ0n) is 22.3. The Kier molecular flexibility index (Phi) is 7.03. The number of carbonyl (C=O) groups excluding carboxylic acids is 1. The summed E-state index contributed by atoms with van der Waals surface area (Å²) in [4.78, 5) is 27.6. The highest BCUT2D eigenvalue weighted by molar-refractivity contribution is 6.35. The molecule has 2 fully saturated rings. The van der Waals surface area contributed by atoms with Crippen molar-refractivity contribution in [3.05, 3.63) is 64.5 Å². The normalized spacial score (nSPS) is 18.5. The first-order valence-electron chi connectivity index (χ1n) is 13.1. The summed E-state index contributed by atoms with van der Waals surface area (Å²) in [7, 11) is 3.97. The number of nitrogens with zero attached hydrogens (tertiary/aromatic N) is 6. The Morgan fingerprint density at radius 2 is 1.82 bits per heavy atom. The monoisotopic (exact) mass is 580 g/mol. The molecule has 0 unspecified atom stereocenters. The summed E-state index contributed by atoms with van der Waals surface area (Å²) in [5, 5.41) is 9.17. The van der Waals surface area contributed by atoms with Gasteiger partial charge in [-0.25, -0.2) is 4.98 Å². The van der Waals surface area contributed by atoms with E-state index in [2.05, 4.69) is 25.0 Å². The number of aromatic amines is 1. The highest BCUT2D eigenvalue weighted by Gasteiger charge is 2.44. The number of nitrogens with two attached hydrogens (primary N) is 1. The van der Waals surface area contributed by atoms with Crippen LogP contribution in [-0.4, -0.2) is 81.7 Å². The van der Waals surface area contributed by atoms with Gasteiger partial charge in [0, 0.05) is 61.8 Å². The number of halogens is 2. The van der Waals surface area contributed by atoms with E-state index in [1.54, 1.807) is 0 Å². The first-order chi connectivity index (χ1) is 19.2. The van der Waals surface area contributed by atoms with E-state index in [-0.39, 0.29) is 11.4 Å². The maximum Gasteiger partial charge on any atom is 0.236 e. The molecule has 2 saturated heterocycles. The van der Waals surface area contributed by atoms with Crippen molar-refractivity contribution >= 4 is 45.8 Å². The molecule has 40 heavy (non-hydrogen) atoms. The van der Waals surface area contributed by atoms with E-state index in [4.69, 9.17) is 38.7 Å². The summed E-state index contributed by atoms with van der Waals surface area (Å²) in [6.07, 6.45) is 5.76. The van der Waals surface area contributed by atoms with Gasteiger partial charge in [-0.3, -0.25) is 25.5 Å². The summed E-state index contributed by atoms with van der Waals surface area (Å²) in [5.74, 6) is 1.66. The number of fused-ring (bicyclic) bond motifs is 1. The number of rotatable bonds is 5. The number of piperazine rings is 1. The molecule has 4 aromatic rings. The molecule has 3 aromatic heterocycles. The van der Waals surface area contributed by atoms with Crippen molar-refractivity contribution < 1.29 is 9.53 Å². The van der Waals surface area contributed by atoms with Crippen LogP contribution < -0.4 is 15.4 Å². The predicted molar refractivity (Wildman–Crippen MR) is 156 cm³/mol. The molecule has 2 aliphatic rings. The van der Waals surface area contributed by atoms with E-state index in [0.29, 0.717) is 27.9 Å². The number of carbonyl (C=O) groups is 1. The van der Waals surface area contributed by atoms with Crippen LogP contribution in [0.3, 0.4) is 0 Å². The van der Waals surface area contributed by atoms with Crippen molar-refractivity contribution in [3.8, 4) is 17.0 Å². The van der Waals surface area contributed by atoms with Gasteiger partial charge < -0.3 is 14.5 Å². The number of H-pyrrole nitrogens is 1. The number of hydrogen-bond donors (Lipinski definition) is 2. The Labute approximate surface area is 242 Å². The Morgan fingerprint density at radius 1 is 1.07 bits per heavy atom. The van der Waals surface area contributed by atoms with Gasteiger partial charge in [0.15, 0.2) is 6.23 Å². The number of benzene rings is 1. The predicted octanol–water partition coefficient (Wildman–Crippen LogP) is 4.11. The van der Waals surface area contributed by atoms with Gasteiger partial charge >= 0.3 is 0 Å². The van der Waals surface area contributed by atoms with Gasteiger partial charge in [0.05, 0.1) is 27.6 Å². The van der Waals surface area contributed by atoms with Gasteiger partial charge in [-0.2, -0.15) is 5.10 Å². The third kappa shape index (κ3) is 4.85. The molecule has 2 aliphatic heterocycles. The topological polar surface area (TPSA) is 116 Å². The minimum Gasteiger partial charge on any atom is -0.471 e. The van der Waals surface area contributed by atoms with Crippen molar-refractivity contribution in [1.82, 2.24) is 30.0 Å². The van der Waals surface area contributed by atoms with Gasteiger partial charge in [-0.15, -0.1) is 0 Å². The standard InChI is InChI=1S/C28H30Cl2N8O2/c1-36-15-24(39)37(2)28(16-36)7-9-38(10-8-28)23-6-3-17(12-33-23)26-19-11-18(4-5-22(19)34-35-26)40-27(31)25-20(29)13-32-14-21(25)30/h3-6,11-14,27H,7-10,15-16,31H2,1-2H3,(H,34,35)/t27-/m0/s1. The van der Waals surface area contributed by atoms with Crippen LogP contribution >= 0.6 is 23.2 Å². The second kappa shape index (κ2) is 10.5. The molecule has 1 amide bonds.